The lowest BCUT2D eigenvalue weighted by Crippen LogP contribution is -2.68. The third kappa shape index (κ3) is 17.6. The number of para-hydroxylation sites is 1. The van der Waals surface area contributed by atoms with Crippen molar-refractivity contribution >= 4 is 58.2 Å². The van der Waals surface area contributed by atoms with Crippen LogP contribution in [-0.2, 0) is 61.1 Å². The lowest BCUT2D eigenvalue weighted by atomic mass is 9.71. The van der Waals surface area contributed by atoms with Crippen molar-refractivity contribution in [1.82, 2.24) is 29.6 Å². The zero-order chi connectivity index (χ0) is 81.0. The number of nitrogens with zero attached hydrogens (tertiary/aromatic N) is 8. The summed E-state index contributed by atoms with van der Waals surface area (Å²) >= 11 is 0.474. The number of alkyl halides is 12. The van der Waals surface area contributed by atoms with Gasteiger partial charge in [-0.2, -0.15) is 63.2 Å². The number of amides is 4. The summed E-state index contributed by atoms with van der Waals surface area (Å²) < 4.78 is 212. The van der Waals surface area contributed by atoms with Gasteiger partial charge in [-0.05, 0) is 118 Å². The third-order valence-corrected chi connectivity index (χ3v) is 23.3. The Morgan fingerprint density at radius 1 is 0.622 bits per heavy atom. The highest BCUT2D eigenvalue weighted by Crippen LogP contribution is 2.51. The van der Waals surface area contributed by atoms with Crippen LogP contribution in [0.1, 0.15) is 183 Å². The molecule has 0 radical (unpaired) electrons. The second-order valence-electron chi connectivity index (χ2n) is 28.6. The molecular formula is C77H79F13N8O11S2. The Morgan fingerprint density at radius 3 is 1.58 bits per heavy atom. The number of carboxylic acid groups (broad SMARTS) is 2. The Morgan fingerprint density at radius 2 is 1.13 bits per heavy atom. The second-order valence-corrected chi connectivity index (χ2v) is 30.5. The van der Waals surface area contributed by atoms with Crippen molar-refractivity contribution in [3.63, 3.8) is 0 Å². The van der Waals surface area contributed by atoms with Crippen molar-refractivity contribution < 1.29 is 110 Å². The average Bonchev–Trinajstić information content (AvgIpc) is 1.17. The molecule has 0 spiro atoms. The molecule has 19 nitrogen and oxygen atoms in total. The molecule has 4 aliphatic rings. The Hall–Kier alpha value is -9.57. The van der Waals surface area contributed by atoms with Gasteiger partial charge in [0.1, 0.15) is 44.2 Å². The smallest absolute Gasteiger partial charge is 0.425 e. The quantitative estimate of drug-likeness (QED) is 0.0399. The number of likely N-dealkylation sites (tertiary alicyclic amines) is 4. The Balaban J connectivity index is 1.01. The monoisotopic (exact) mass is 1600 g/mol. The third-order valence-electron chi connectivity index (χ3n) is 21.4. The number of carbonyl (C=O) groups is 6. The van der Waals surface area contributed by atoms with E-state index in [1.165, 1.54) is 34.1 Å². The van der Waals surface area contributed by atoms with E-state index in [1.54, 1.807) is 27.7 Å². The highest BCUT2D eigenvalue weighted by atomic mass is 32.1. The molecule has 4 aromatic heterocycles. The molecule has 4 amide bonds. The van der Waals surface area contributed by atoms with Gasteiger partial charge in [0.2, 0.25) is 11.2 Å². The summed E-state index contributed by atoms with van der Waals surface area (Å²) in [7, 11) is 0. The number of ether oxygens (including phenoxy) is 3. The summed E-state index contributed by atoms with van der Waals surface area (Å²) in [6, 6.07) is 12.9. The first-order valence-corrected chi connectivity index (χ1v) is 37.9. The molecule has 5 unspecified atom stereocenters. The summed E-state index contributed by atoms with van der Waals surface area (Å²) in [5.41, 5.74) is -13.0. The van der Waals surface area contributed by atoms with Crippen LogP contribution < -0.4 is 14.2 Å². The molecule has 0 bridgehead atoms. The molecule has 111 heavy (non-hydrogen) atoms. The van der Waals surface area contributed by atoms with Crippen LogP contribution in [0, 0.1) is 40.3 Å². The lowest BCUT2D eigenvalue weighted by Gasteiger charge is -2.51. The molecule has 6 aromatic rings. The zero-order valence-electron chi connectivity index (χ0n) is 60.6. The van der Waals surface area contributed by atoms with Crippen LogP contribution in [0.25, 0.3) is 11.1 Å². The zero-order valence-corrected chi connectivity index (χ0v) is 62.2. The topological polar surface area (TPSA) is 257 Å². The normalized spacial score (nSPS) is 20.6. The number of nitriles is 2. The Kier molecular flexibility index (Phi) is 25.2. The van der Waals surface area contributed by atoms with E-state index in [0.717, 1.165) is 51.2 Å². The van der Waals surface area contributed by atoms with Gasteiger partial charge in [0, 0.05) is 111 Å². The fourth-order valence-corrected chi connectivity index (χ4v) is 17.3. The minimum absolute atomic E-state index is 0.0277. The first-order chi connectivity index (χ1) is 52.3. The number of rotatable bonds is 25. The van der Waals surface area contributed by atoms with Crippen molar-refractivity contribution in [1.29, 1.82) is 10.5 Å². The summed E-state index contributed by atoms with van der Waals surface area (Å²) in [5, 5.41) is 43.9. The number of carboxylic acids is 2. The molecule has 8 heterocycles. The number of aryl methyl sites for hydroxylation is 1. The van der Waals surface area contributed by atoms with E-state index in [-0.39, 0.29) is 205 Å². The first-order valence-electron chi connectivity index (χ1n) is 36.1. The summed E-state index contributed by atoms with van der Waals surface area (Å²) in [4.78, 5) is 95.7. The number of pyridine rings is 2. The van der Waals surface area contributed by atoms with E-state index < -0.39 is 150 Å². The second kappa shape index (κ2) is 33.4. The van der Waals surface area contributed by atoms with Crippen LogP contribution >= 0.6 is 22.7 Å². The predicted molar refractivity (Wildman–Crippen MR) is 376 cm³/mol. The van der Waals surface area contributed by atoms with Crippen LogP contribution in [0.4, 0.5) is 57.1 Å². The van der Waals surface area contributed by atoms with Crippen molar-refractivity contribution in [2.45, 2.75) is 189 Å². The molecule has 34 heteroatoms. The largest absolute Gasteiger partial charge is 0.493 e. The Labute approximate surface area is 637 Å². The number of hydrogen-bond donors (Lipinski definition) is 2. The number of aliphatic carboxylic acids is 2. The number of benzene rings is 2. The fourth-order valence-electron chi connectivity index (χ4n) is 15.9. The molecule has 4 fully saturated rings. The van der Waals surface area contributed by atoms with E-state index >= 15 is 31.9 Å². The number of piperidine rings is 4. The SMILES string of the molecule is CCCC1N(C(=O)c2ncc(-c3cccc(C4(C#N)CCN(C(=O)C5(Oc6csc(C(F)(F)F)c6)CCCN(C(=O)c6ncccc6C(F)(F)F)C5CCC)CC4)c3OCCCC(C(=O)O)C(C)C)cc2C(F)(F)F)CCCC1(Oc1csc(C(F)(F)F)c1)C(=O)N1CCC(C#N)(c2cc(F)ccc2CCC(=O)O)CC1. The average molecular weight is 1600 g/mol. The van der Waals surface area contributed by atoms with E-state index in [0.29, 0.717) is 29.8 Å². The lowest BCUT2D eigenvalue weighted by molar-refractivity contribution is -0.161. The molecule has 2 aromatic carbocycles. The number of thiophene rings is 2. The molecule has 4 saturated heterocycles. The van der Waals surface area contributed by atoms with Gasteiger partial charge in [0.25, 0.3) is 23.6 Å². The van der Waals surface area contributed by atoms with Gasteiger partial charge in [-0.3, -0.25) is 33.8 Å². The Bertz CT molecular complexity index is 4520. The van der Waals surface area contributed by atoms with Crippen molar-refractivity contribution in [3.8, 4) is 40.5 Å². The predicted octanol–water partition coefficient (Wildman–Crippen LogP) is 16.6. The molecule has 4 aliphatic heterocycles. The fraction of sp³-hybridized carbons (Fsp3) is 0.506. The van der Waals surface area contributed by atoms with Gasteiger partial charge >= 0.3 is 36.6 Å². The van der Waals surface area contributed by atoms with E-state index in [9.17, 15) is 74.6 Å². The highest BCUT2D eigenvalue weighted by Gasteiger charge is 2.60. The van der Waals surface area contributed by atoms with Gasteiger partial charge in [-0.25, -0.2) is 9.37 Å². The number of hydrogen-bond acceptors (Lipinski definition) is 15. The summed E-state index contributed by atoms with van der Waals surface area (Å²) in [6.07, 6.45) is -20.7. The van der Waals surface area contributed by atoms with Gasteiger partial charge in [-0.15, -0.1) is 22.7 Å². The van der Waals surface area contributed by atoms with E-state index in [4.69, 9.17) is 14.2 Å². The van der Waals surface area contributed by atoms with Crippen LogP contribution in [0.15, 0.2) is 89.9 Å². The van der Waals surface area contributed by atoms with Crippen LogP contribution in [-0.4, -0.2) is 145 Å². The van der Waals surface area contributed by atoms with Crippen molar-refractivity contribution in [2.24, 2.45) is 11.8 Å². The van der Waals surface area contributed by atoms with Crippen LogP contribution in [0.3, 0.4) is 0 Å². The highest BCUT2D eigenvalue weighted by molar-refractivity contribution is 7.10. The van der Waals surface area contributed by atoms with Crippen LogP contribution in [0.5, 0.6) is 17.2 Å². The van der Waals surface area contributed by atoms with E-state index in [1.807, 2.05) is 0 Å². The minimum atomic E-state index is -5.43. The maximum Gasteiger partial charge on any atom is 0.425 e. The molecule has 0 aliphatic carbocycles. The molecule has 0 saturated carbocycles. The summed E-state index contributed by atoms with van der Waals surface area (Å²) in [6.45, 7) is 4.49. The maximum absolute atomic E-state index is 16.2. The van der Waals surface area contributed by atoms with Gasteiger partial charge in [0.05, 0.1) is 58.7 Å². The van der Waals surface area contributed by atoms with Gasteiger partial charge in [0.15, 0.2) is 0 Å². The molecule has 2 N–H and O–H groups in total. The number of carbonyl (C=O) groups excluding carboxylic acids is 4. The minimum Gasteiger partial charge on any atom is -0.493 e. The van der Waals surface area contributed by atoms with Crippen LogP contribution in [0.2, 0.25) is 0 Å². The molecular weight excluding hydrogens is 1520 g/mol. The maximum atomic E-state index is 16.2. The number of aromatic nitrogens is 2. The van der Waals surface area contributed by atoms with Crippen molar-refractivity contribution in [2.75, 3.05) is 45.9 Å². The van der Waals surface area contributed by atoms with Gasteiger partial charge in [-0.1, -0.05) is 64.8 Å². The standard InChI is InChI=1S/C77H79F13N8O11S2/c1-5-12-57-72(108-49-38-59(110-41-49)76(85,86)87,22-10-29-97(57)65(101)62-53(74(79,80)81)17-8-28-93-62)68(105)95-31-24-70(43-91,25-32-95)54-16-7-14-52(64(54)107-35-9-15-51(45(3)4)67(103)104)47-36-56(75(82,83)84)63(94-40-47)66(102)98-30-11-23-73(58(98)13-6-2,109-50-39-60(111-42-50)77(88,89)90)69(106)96-33-26-71(44-92,27-34-96)55-37-48(78)20-18-46(55)19-21-61(99)100/h7-8,14,16-18,20,28,36-42,45,51,57-58H,5-6,9-13,15,19,21-27,29-35H2,1-4H3,(H,99,100)(H,103,104). The first kappa shape index (κ1) is 83.9. The van der Waals surface area contributed by atoms with E-state index in [2.05, 4.69) is 22.1 Å². The summed E-state index contributed by atoms with van der Waals surface area (Å²) in [5.74, 6) is -9.82. The molecule has 10 rings (SSSR count). The molecule has 596 valence electrons. The van der Waals surface area contributed by atoms with Gasteiger partial charge < -0.3 is 44.0 Å². The molecule has 5 atom stereocenters. The van der Waals surface area contributed by atoms with Crippen molar-refractivity contribution in [3.05, 3.63) is 145 Å². The number of halogens is 13.